The molecule has 0 saturated carbocycles. The maximum absolute atomic E-state index is 10.6. The van der Waals surface area contributed by atoms with Gasteiger partial charge in [-0.2, -0.15) is 18.4 Å². The Morgan fingerprint density at radius 3 is 2.17 bits per heavy atom. The third kappa shape index (κ3) is 7.24. The Hall–Kier alpha value is -2.07. The molecule has 1 aromatic rings. The molecule has 0 aliphatic rings. The molecule has 1 aromatic carbocycles. The van der Waals surface area contributed by atoms with E-state index in [4.69, 9.17) is 20.9 Å². The predicted octanol–water partition coefficient (Wildman–Crippen LogP) is 1.71. The summed E-state index contributed by atoms with van der Waals surface area (Å²) in [7, 11) is 0. The second-order valence-electron chi connectivity index (χ2n) is 3.23. The fourth-order valence-electron chi connectivity index (χ4n) is 0.914. The number of hydrogen-bond acceptors (Lipinski definition) is 3. The highest BCUT2D eigenvalue weighted by atomic mass is 19.4. The van der Waals surface area contributed by atoms with Gasteiger partial charge in [0.05, 0.1) is 12.1 Å². The van der Waals surface area contributed by atoms with Gasteiger partial charge in [0, 0.05) is 6.42 Å². The van der Waals surface area contributed by atoms with Crippen molar-refractivity contribution >= 4 is 5.97 Å². The van der Waals surface area contributed by atoms with Crippen molar-refractivity contribution in [3.63, 3.8) is 0 Å². The van der Waals surface area contributed by atoms with Crippen LogP contribution in [0.1, 0.15) is 5.56 Å². The van der Waals surface area contributed by atoms with Crippen molar-refractivity contribution in [1.29, 1.82) is 5.26 Å². The van der Waals surface area contributed by atoms with E-state index in [0.29, 0.717) is 6.42 Å². The summed E-state index contributed by atoms with van der Waals surface area (Å²) in [6.45, 7) is 0. The topological polar surface area (TPSA) is 87.1 Å². The first-order chi connectivity index (χ1) is 8.27. The number of nitrogens with two attached hydrogens (primary N) is 1. The van der Waals surface area contributed by atoms with E-state index in [1.807, 2.05) is 36.4 Å². The number of halogens is 3. The zero-order valence-electron chi connectivity index (χ0n) is 9.19. The number of rotatable bonds is 2. The quantitative estimate of drug-likeness (QED) is 0.847. The third-order valence-corrected chi connectivity index (χ3v) is 1.71. The number of nitriles is 1. The SMILES string of the molecule is N#C[C@H](N)Cc1ccccc1.O=C(O)C(F)(F)F. The van der Waals surface area contributed by atoms with E-state index in [1.54, 1.807) is 0 Å². The Morgan fingerprint density at radius 2 is 1.83 bits per heavy atom. The van der Waals surface area contributed by atoms with Gasteiger partial charge in [-0.05, 0) is 5.56 Å². The number of hydrogen-bond donors (Lipinski definition) is 2. The molecule has 0 bridgehead atoms. The highest BCUT2D eigenvalue weighted by Gasteiger charge is 2.38. The van der Waals surface area contributed by atoms with Crippen LogP contribution >= 0.6 is 0 Å². The molecule has 7 heteroatoms. The first-order valence-electron chi connectivity index (χ1n) is 4.76. The molecule has 0 heterocycles. The zero-order chi connectivity index (χ0) is 14.2. The van der Waals surface area contributed by atoms with E-state index in [1.165, 1.54) is 0 Å². The van der Waals surface area contributed by atoms with Gasteiger partial charge >= 0.3 is 12.1 Å². The highest BCUT2D eigenvalue weighted by Crippen LogP contribution is 2.13. The summed E-state index contributed by atoms with van der Waals surface area (Å²) in [5, 5.41) is 15.5. The molecule has 4 nitrogen and oxygen atoms in total. The van der Waals surface area contributed by atoms with Crippen LogP contribution in [0.2, 0.25) is 0 Å². The van der Waals surface area contributed by atoms with Gasteiger partial charge in [-0.3, -0.25) is 0 Å². The molecule has 0 aliphatic carbocycles. The predicted molar refractivity (Wildman–Crippen MR) is 57.4 cm³/mol. The van der Waals surface area contributed by atoms with Crippen LogP contribution in [0.5, 0.6) is 0 Å². The van der Waals surface area contributed by atoms with Gasteiger partial charge in [0.2, 0.25) is 0 Å². The van der Waals surface area contributed by atoms with Crippen LogP contribution in [-0.4, -0.2) is 23.3 Å². The van der Waals surface area contributed by atoms with Crippen molar-refractivity contribution < 1.29 is 23.1 Å². The highest BCUT2D eigenvalue weighted by molar-refractivity contribution is 5.73. The fourth-order valence-corrected chi connectivity index (χ4v) is 0.914. The van der Waals surface area contributed by atoms with Gasteiger partial charge in [0.15, 0.2) is 0 Å². The molecule has 18 heavy (non-hydrogen) atoms. The van der Waals surface area contributed by atoms with Crippen molar-refractivity contribution in [3.05, 3.63) is 35.9 Å². The lowest BCUT2D eigenvalue weighted by Crippen LogP contribution is -2.21. The summed E-state index contributed by atoms with van der Waals surface area (Å²) in [6, 6.07) is 11.4. The van der Waals surface area contributed by atoms with Gasteiger partial charge in [0.25, 0.3) is 0 Å². The maximum atomic E-state index is 10.6. The number of aliphatic carboxylic acids is 1. The van der Waals surface area contributed by atoms with Crippen LogP contribution in [0.3, 0.4) is 0 Å². The second-order valence-corrected chi connectivity index (χ2v) is 3.23. The summed E-state index contributed by atoms with van der Waals surface area (Å²) in [5.41, 5.74) is 6.56. The molecule has 3 N–H and O–H groups in total. The standard InChI is InChI=1S/C9H10N2.C2HF3O2/c10-7-9(11)6-8-4-2-1-3-5-8;3-2(4,5)1(6)7/h1-5,9H,6,11H2;(H,6,7)/t9-;/m1./s1. The molecule has 0 amide bonds. The molecule has 1 rings (SSSR count). The van der Waals surface area contributed by atoms with Crippen molar-refractivity contribution in [2.75, 3.05) is 0 Å². The van der Waals surface area contributed by atoms with Crippen molar-refractivity contribution in [3.8, 4) is 6.07 Å². The van der Waals surface area contributed by atoms with Crippen LogP contribution < -0.4 is 5.73 Å². The molecule has 98 valence electrons. The molecule has 0 aliphatic heterocycles. The van der Waals surface area contributed by atoms with Gasteiger partial charge in [-0.15, -0.1) is 0 Å². The monoisotopic (exact) mass is 260 g/mol. The maximum Gasteiger partial charge on any atom is 0.490 e. The third-order valence-electron chi connectivity index (χ3n) is 1.71. The normalized spacial score (nSPS) is 11.7. The molecule has 0 spiro atoms. The molecule has 0 saturated heterocycles. The van der Waals surface area contributed by atoms with Crippen LogP contribution in [0.15, 0.2) is 30.3 Å². The molecule has 0 fully saturated rings. The van der Waals surface area contributed by atoms with E-state index < -0.39 is 12.1 Å². The van der Waals surface area contributed by atoms with Crippen LogP contribution in [0.4, 0.5) is 13.2 Å². The Balaban J connectivity index is 0.000000360. The van der Waals surface area contributed by atoms with E-state index in [0.717, 1.165) is 5.56 Å². The Kier molecular flexibility index (Phi) is 6.45. The summed E-state index contributed by atoms with van der Waals surface area (Å²) < 4.78 is 31.7. The van der Waals surface area contributed by atoms with E-state index in [9.17, 15) is 13.2 Å². The first kappa shape index (κ1) is 15.9. The number of carboxylic acid groups (broad SMARTS) is 1. The van der Waals surface area contributed by atoms with Gasteiger partial charge in [0.1, 0.15) is 0 Å². The van der Waals surface area contributed by atoms with Crippen LogP contribution in [0.25, 0.3) is 0 Å². The van der Waals surface area contributed by atoms with E-state index >= 15 is 0 Å². The first-order valence-corrected chi connectivity index (χ1v) is 4.76. The largest absolute Gasteiger partial charge is 0.490 e. The van der Waals surface area contributed by atoms with E-state index in [-0.39, 0.29) is 6.04 Å². The molecule has 0 unspecified atom stereocenters. The zero-order valence-corrected chi connectivity index (χ0v) is 9.19. The fraction of sp³-hybridized carbons (Fsp3) is 0.273. The van der Waals surface area contributed by atoms with Crippen molar-refractivity contribution in [2.45, 2.75) is 18.6 Å². The Labute approximate surface area is 101 Å². The van der Waals surface area contributed by atoms with Gasteiger partial charge in [-0.25, -0.2) is 4.79 Å². The summed E-state index contributed by atoms with van der Waals surface area (Å²) in [6.07, 6.45) is -4.45. The minimum absolute atomic E-state index is 0.377. The van der Waals surface area contributed by atoms with E-state index in [2.05, 4.69) is 0 Å². The molecule has 1 atom stereocenters. The number of benzene rings is 1. The number of alkyl halides is 3. The minimum Gasteiger partial charge on any atom is -0.475 e. The minimum atomic E-state index is -5.08. The Bertz CT molecular complexity index is 413. The number of carbonyl (C=O) groups is 1. The van der Waals surface area contributed by atoms with Gasteiger partial charge in [-0.1, -0.05) is 30.3 Å². The lowest BCUT2D eigenvalue weighted by molar-refractivity contribution is -0.192. The molecular formula is C11H11F3N2O2. The number of nitrogens with zero attached hydrogens (tertiary/aromatic N) is 1. The molecule has 0 radical (unpaired) electrons. The average Bonchev–Trinajstić information content (AvgIpc) is 2.29. The van der Waals surface area contributed by atoms with Crippen LogP contribution in [-0.2, 0) is 11.2 Å². The second kappa shape index (κ2) is 7.29. The van der Waals surface area contributed by atoms with Crippen LogP contribution in [0, 0.1) is 11.3 Å². The average molecular weight is 260 g/mol. The summed E-state index contributed by atoms with van der Waals surface area (Å²) >= 11 is 0. The smallest absolute Gasteiger partial charge is 0.475 e. The van der Waals surface area contributed by atoms with Crippen molar-refractivity contribution in [1.82, 2.24) is 0 Å². The summed E-state index contributed by atoms with van der Waals surface area (Å²) in [5.74, 6) is -2.76. The van der Waals surface area contributed by atoms with Gasteiger partial charge < -0.3 is 10.8 Å². The number of carboxylic acids is 1. The van der Waals surface area contributed by atoms with Crippen molar-refractivity contribution in [2.24, 2.45) is 5.73 Å². The summed E-state index contributed by atoms with van der Waals surface area (Å²) in [4.78, 5) is 8.90. The lowest BCUT2D eigenvalue weighted by Gasteiger charge is -2.00. The lowest BCUT2D eigenvalue weighted by atomic mass is 10.1. The molecular weight excluding hydrogens is 249 g/mol. The molecule has 0 aromatic heterocycles. The Morgan fingerprint density at radius 1 is 1.39 bits per heavy atom.